The number of carbonyl (C=O) groups excluding carboxylic acids is 1. The minimum Gasteiger partial charge on any atom is -0.344 e. The number of halogens is 1. The highest BCUT2D eigenvalue weighted by Gasteiger charge is 2.26. The number of nitrogens with one attached hydrogen (secondary N) is 1. The van der Waals surface area contributed by atoms with Gasteiger partial charge in [0.05, 0.1) is 11.0 Å². The number of nitrogens with zero attached hydrogens (tertiary/aromatic N) is 4. The topological polar surface area (TPSA) is 103 Å². The first-order valence-corrected chi connectivity index (χ1v) is 12.7. The van der Waals surface area contributed by atoms with Crippen molar-refractivity contribution in [2.24, 2.45) is 0 Å². The van der Waals surface area contributed by atoms with E-state index < -0.39 is 16.3 Å². The monoisotopic (exact) mass is 521 g/mol. The van der Waals surface area contributed by atoms with Gasteiger partial charge in [0.25, 0.3) is 5.69 Å². The van der Waals surface area contributed by atoms with Crippen molar-refractivity contribution in [2.45, 2.75) is 35.7 Å². The van der Waals surface area contributed by atoms with Crippen LogP contribution in [0.3, 0.4) is 0 Å². The van der Waals surface area contributed by atoms with Crippen molar-refractivity contribution in [2.75, 3.05) is 0 Å². The van der Waals surface area contributed by atoms with Gasteiger partial charge in [0, 0.05) is 23.6 Å². The maximum Gasteiger partial charge on any atom is 0.269 e. The number of benzene rings is 3. The van der Waals surface area contributed by atoms with Gasteiger partial charge in [-0.3, -0.25) is 19.5 Å². The van der Waals surface area contributed by atoms with E-state index in [1.54, 1.807) is 19.1 Å². The van der Waals surface area contributed by atoms with E-state index in [-0.39, 0.29) is 11.6 Å². The molecule has 0 saturated heterocycles. The summed E-state index contributed by atoms with van der Waals surface area (Å²) in [6, 6.07) is 25.4. The average Bonchev–Trinajstić information content (AvgIpc) is 3.32. The van der Waals surface area contributed by atoms with Crippen LogP contribution in [0.15, 0.2) is 90.1 Å². The second-order valence-electron chi connectivity index (χ2n) is 8.09. The van der Waals surface area contributed by atoms with Crippen LogP contribution in [-0.2, 0) is 17.0 Å². The molecule has 0 radical (unpaired) electrons. The van der Waals surface area contributed by atoms with Gasteiger partial charge >= 0.3 is 0 Å². The average molecular weight is 522 g/mol. The van der Waals surface area contributed by atoms with Crippen LogP contribution in [0.1, 0.15) is 29.9 Å². The maximum absolute atomic E-state index is 12.6. The zero-order valence-corrected chi connectivity index (χ0v) is 21.0. The molecule has 0 spiro atoms. The minimum atomic E-state index is -0.731. The predicted molar refractivity (Wildman–Crippen MR) is 140 cm³/mol. The van der Waals surface area contributed by atoms with Gasteiger partial charge in [0.2, 0.25) is 5.91 Å². The summed E-state index contributed by atoms with van der Waals surface area (Å²) < 4.78 is 1.84. The Hall–Kier alpha value is -3.69. The Morgan fingerprint density at radius 1 is 1.00 bits per heavy atom. The molecule has 10 heteroatoms. The van der Waals surface area contributed by atoms with Gasteiger partial charge in [-0.25, -0.2) is 0 Å². The minimum absolute atomic E-state index is 0.0167. The SMILES string of the molecule is C[C@H](Cl)C(=O)N[C@H](Cc1ccccc1)c1nnc(SCc2ccccc2)n1-c1ccc([N+](=O)[O-])cc1. The third-order valence-corrected chi connectivity index (χ3v) is 6.66. The standard InChI is InChI=1S/C26H24ClN5O3S/c1-18(27)25(33)28-23(16-19-8-4-2-5-9-19)24-29-30-26(36-17-20-10-6-3-7-11-20)31(24)21-12-14-22(15-13-21)32(34)35/h2-15,18,23H,16-17H2,1H3,(H,28,33)/t18-,23+/m0/s1. The number of nitro groups is 1. The summed E-state index contributed by atoms with van der Waals surface area (Å²) in [7, 11) is 0. The molecule has 2 atom stereocenters. The quantitative estimate of drug-likeness (QED) is 0.128. The van der Waals surface area contributed by atoms with Crippen LogP contribution < -0.4 is 5.32 Å². The first kappa shape index (κ1) is 25.4. The maximum atomic E-state index is 12.6. The van der Waals surface area contributed by atoms with E-state index in [4.69, 9.17) is 11.6 Å². The molecule has 184 valence electrons. The van der Waals surface area contributed by atoms with E-state index in [0.29, 0.717) is 28.8 Å². The normalized spacial score (nSPS) is 12.6. The highest BCUT2D eigenvalue weighted by molar-refractivity contribution is 7.98. The van der Waals surface area contributed by atoms with Crippen molar-refractivity contribution in [3.63, 3.8) is 0 Å². The predicted octanol–water partition coefficient (Wildman–Crippen LogP) is 5.50. The van der Waals surface area contributed by atoms with Gasteiger partial charge in [0.15, 0.2) is 11.0 Å². The number of carbonyl (C=O) groups is 1. The van der Waals surface area contributed by atoms with Crippen molar-refractivity contribution < 1.29 is 9.72 Å². The summed E-state index contributed by atoms with van der Waals surface area (Å²) in [5.41, 5.74) is 2.76. The van der Waals surface area contributed by atoms with Crippen LogP contribution in [0.2, 0.25) is 0 Å². The Bertz CT molecular complexity index is 1310. The summed E-state index contributed by atoms with van der Waals surface area (Å²) in [5, 5.41) is 23.0. The van der Waals surface area contributed by atoms with Crippen molar-refractivity contribution >= 4 is 35.0 Å². The van der Waals surface area contributed by atoms with Crippen molar-refractivity contribution in [3.8, 4) is 5.69 Å². The molecule has 1 aromatic heterocycles. The molecule has 0 saturated carbocycles. The van der Waals surface area contributed by atoms with Crippen molar-refractivity contribution in [1.82, 2.24) is 20.1 Å². The van der Waals surface area contributed by atoms with E-state index in [9.17, 15) is 14.9 Å². The van der Waals surface area contributed by atoms with Crippen LogP contribution in [0.5, 0.6) is 0 Å². The molecule has 0 fully saturated rings. The van der Waals surface area contributed by atoms with E-state index in [0.717, 1.165) is 11.1 Å². The van der Waals surface area contributed by atoms with E-state index in [1.807, 2.05) is 65.2 Å². The number of non-ortho nitro benzene ring substituents is 1. The molecule has 0 unspecified atom stereocenters. The first-order chi connectivity index (χ1) is 17.4. The molecule has 4 aromatic rings. The Kier molecular flexibility index (Phi) is 8.35. The number of hydrogen-bond donors (Lipinski definition) is 1. The molecule has 0 bridgehead atoms. The summed E-state index contributed by atoms with van der Waals surface area (Å²) in [6.07, 6.45) is 0.463. The highest BCUT2D eigenvalue weighted by Crippen LogP contribution is 2.30. The number of thioether (sulfide) groups is 1. The Morgan fingerprint density at radius 3 is 2.19 bits per heavy atom. The number of aromatic nitrogens is 3. The summed E-state index contributed by atoms with van der Waals surface area (Å²) in [4.78, 5) is 23.4. The Balaban J connectivity index is 1.75. The van der Waals surface area contributed by atoms with Crippen molar-refractivity contribution in [1.29, 1.82) is 0 Å². The summed E-state index contributed by atoms with van der Waals surface area (Å²) in [5.74, 6) is 0.837. The van der Waals surface area contributed by atoms with Crippen molar-refractivity contribution in [3.05, 3.63) is 112 Å². The van der Waals surface area contributed by atoms with Gasteiger partial charge < -0.3 is 5.32 Å². The fraction of sp³-hybridized carbons (Fsp3) is 0.192. The van der Waals surface area contributed by atoms with Gasteiger partial charge in [-0.1, -0.05) is 72.4 Å². The lowest BCUT2D eigenvalue weighted by atomic mass is 10.0. The number of alkyl halides is 1. The Labute approximate surface area is 217 Å². The third kappa shape index (κ3) is 6.30. The molecular weight excluding hydrogens is 498 g/mol. The fourth-order valence-corrected chi connectivity index (χ4v) is 4.61. The molecule has 1 amide bonds. The Morgan fingerprint density at radius 2 is 1.61 bits per heavy atom. The number of nitro benzene ring substituents is 1. The second-order valence-corrected chi connectivity index (χ2v) is 9.69. The molecule has 0 aliphatic heterocycles. The van der Waals surface area contributed by atoms with Crippen LogP contribution in [0.25, 0.3) is 5.69 Å². The lowest BCUT2D eigenvalue weighted by molar-refractivity contribution is -0.384. The van der Waals surface area contributed by atoms with E-state index in [1.165, 1.54) is 23.9 Å². The molecule has 36 heavy (non-hydrogen) atoms. The summed E-state index contributed by atoms with van der Waals surface area (Å²) >= 11 is 7.56. The zero-order valence-electron chi connectivity index (χ0n) is 19.5. The second kappa shape index (κ2) is 11.8. The highest BCUT2D eigenvalue weighted by atomic mass is 35.5. The number of hydrogen-bond acceptors (Lipinski definition) is 6. The smallest absolute Gasteiger partial charge is 0.269 e. The number of amides is 1. The molecule has 4 rings (SSSR count). The van der Waals surface area contributed by atoms with E-state index in [2.05, 4.69) is 15.5 Å². The van der Waals surface area contributed by atoms with Gasteiger partial charge in [0.1, 0.15) is 5.38 Å². The number of rotatable bonds is 10. The van der Waals surface area contributed by atoms with E-state index >= 15 is 0 Å². The lowest BCUT2D eigenvalue weighted by Crippen LogP contribution is -2.35. The fourth-order valence-electron chi connectivity index (χ4n) is 3.63. The largest absolute Gasteiger partial charge is 0.344 e. The molecular formula is C26H24ClN5O3S. The summed E-state index contributed by atoms with van der Waals surface area (Å²) in [6.45, 7) is 1.61. The van der Waals surface area contributed by atoms with Crippen LogP contribution in [0.4, 0.5) is 5.69 Å². The van der Waals surface area contributed by atoms with Crippen LogP contribution in [-0.4, -0.2) is 31.0 Å². The molecule has 0 aliphatic rings. The zero-order chi connectivity index (χ0) is 25.5. The molecule has 8 nitrogen and oxygen atoms in total. The molecule has 3 aromatic carbocycles. The van der Waals surface area contributed by atoms with Crippen LogP contribution in [0, 0.1) is 10.1 Å². The molecule has 0 aliphatic carbocycles. The van der Waals surface area contributed by atoms with Gasteiger partial charge in [-0.05, 0) is 36.6 Å². The third-order valence-electron chi connectivity index (χ3n) is 5.46. The van der Waals surface area contributed by atoms with Gasteiger partial charge in [-0.2, -0.15) is 0 Å². The van der Waals surface area contributed by atoms with Gasteiger partial charge in [-0.15, -0.1) is 21.8 Å². The molecule has 1 N–H and O–H groups in total. The lowest BCUT2D eigenvalue weighted by Gasteiger charge is -2.21. The molecule has 1 heterocycles. The first-order valence-electron chi connectivity index (χ1n) is 11.3. The van der Waals surface area contributed by atoms with Crippen LogP contribution >= 0.6 is 23.4 Å².